The van der Waals surface area contributed by atoms with E-state index in [4.69, 9.17) is 0 Å². The maximum absolute atomic E-state index is 2.43. The molecule has 0 spiro atoms. The standard InChI is InChI=1S/C26H60N4/c1-27(2)21-15-9-11-17-23-29(5,6)25-19-13-14-20-26-30(7,8)24-18-12-10-16-22-28(3)4/h9-26H2,1-8H3/q+2. The van der Waals surface area contributed by atoms with Crippen LogP contribution in [0.25, 0.3) is 0 Å². The van der Waals surface area contributed by atoms with E-state index in [0.29, 0.717) is 0 Å². The van der Waals surface area contributed by atoms with E-state index in [-0.39, 0.29) is 0 Å². The van der Waals surface area contributed by atoms with Crippen LogP contribution in [0.3, 0.4) is 0 Å². The van der Waals surface area contributed by atoms with E-state index in [0.717, 1.165) is 0 Å². The highest BCUT2D eigenvalue weighted by molar-refractivity contribution is 4.50. The van der Waals surface area contributed by atoms with Crippen molar-refractivity contribution in [3.05, 3.63) is 0 Å². The molecule has 0 fully saturated rings. The van der Waals surface area contributed by atoms with Crippen molar-refractivity contribution in [2.45, 2.75) is 77.0 Å². The van der Waals surface area contributed by atoms with Gasteiger partial charge in [0.1, 0.15) is 0 Å². The van der Waals surface area contributed by atoms with Crippen molar-refractivity contribution in [1.29, 1.82) is 0 Å². The van der Waals surface area contributed by atoms with Crippen molar-refractivity contribution in [1.82, 2.24) is 9.80 Å². The predicted octanol–water partition coefficient (Wildman–Crippen LogP) is 4.94. The predicted molar refractivity (Wildman–Crippen MR) is 136 cm³/mol. The summed E-state index contributed by atoms with van der Waals surface area (Å²) in [5.41, 5.74) is 0. The summed E-state index contributed by atoms with van der Waals surface area (Å²) in [5.74, 6) is 0. The summed E-state index contributed by atoms with van der Waals surface area (Å²) < 4.78 is 2.42. The zero-order valence-corrected chi connectivity index (χ0v) is 22.5. The van der Waals surface area contributed by atoms with Crippen molar-refractivity contribution in [2.75, 3.05) is 95.6 Å². The van der Waals surface area contributed by atoms with E-state index in [9.17, 15) is 0 Å². The Labute approximate surface area is 191 Å². The van der Waals surface area contributed by atoms with Crippen LogP contribution in [0.15, 0.2) is 0 Å². The van der Waals surface area contributed by atoms with Gasteiger partial charge < -0.3 is 18.8 Å². The molecule has 0 amide bonds. The van der Waals surface area contributed by atoms with Crippen LogP contribution >= 0.6 is 0 Å². The summed E-state index contributed by atoms with van der Waals surface area (Å²) in [6.45, 7) is 7.88. The molecule has 0 aliphatic rings. The van der Waals surface area contributed by atoms with E-state index in [1.807, 2.05) is 0 Å². The van der Waals surface area contributed by atoms with Gasteiger partial charge in [0.2, 0.25) is 0 Å². The Morgan fingerprint density at radius 1 is 0.367 bits per heavy atom. The number of rotatable bonds is 21. The van der Waals surface area contributed by atoms with Gasteiger partial charge in [-0.15, -0.1) is 0 Å². The number of unbranched alkanes of at least 4 members (excludes halogenated alkanes) is 9. The number of quaternary nitrogens is 2. The Bertz CT molecular complexity index is 341. The van der Waals surface area contributed by atoms with Gasteiger partial charge in [0, 0.05) is 0 Å². The molecule has 0 saturated heterocycles. The fraction of sp³-hybridized carbons (Fsp3) is 1.00. The third kappa shape index (κ3) is 21.1. The lowest BCUT2D eigenvalue weighted by Crippen LogP contribution is -2.41. The van der Waals surface area contributed by atoms with Crippen molar-refractivity contribution in [3.63, 3.8) is 0 Å². The van der Waals surface area contributed by atoms with Crippen LogP contribution in [0, 0.1) is 0 Å². The molecule has 0 atom stereocenters. The lowest BCUT2D eigenvalue weighted by atomic mass is 10.1. The molecule has 30 heavy (non-hydrogen) atoms. The molecule has 0 unspecified atom stereocenters. The molecular weight excluding hydrogens is 368 g/mol. The quantitative estimate of drug-likeness (QED) is 0.189. The normalized spacial score (nSPS) is 13.0. The molecule has 0 heterocycles. The van der Waals surface area contributed by atoms with Gasteiger partial charge in [-0.2, -0.15) is 0 Å². The summed E-state index contributed by atoms with van der Waals surface area (Å²) in [5, 5.41) is 0. The Morgan fingerprint density at radius 3 is 0.833 bits per heavy atom. The SMILES string of the molecule is CN(C)CCCCCC[N+](C)(C)CCCCCC[N+](C)(C)CCCCCCN(C)C. The average molecular weight is 429 g/mol. The number of hydrogen-bond acceptors (Lipinski definition) is 2. The van der Waals surface area contributed by atoms with Gasteiger partial charge in [0.05, 0.1) is 54.4 Å². The van der Waals surface area contributed by atoms with Crippen LogP contribution in [0.4, 0.5) is 0 Å². The van der Waals surface area contributed by atoms with Gasteiger partial charge in [-0.05, 0) is 105 Å². The zero-order chi connectivity index (χ0) is 22.9. The minimum atomic E-state index is 1.21. The molecule has 0 radical (unpaired) electrons. The second-order valence-corrected chi connectivity index (χ2v) is 11.6. The molecule has 0 saturated carbocycles. The van der Waals surface area contributed by atoms with E-state index < -0.39 is 0 Å². The molecular formula is C26H60N4+2. The van der Waals surface area contributed by atoms with Crippen LogP contribution in [0.1, 0.15) is 77.0 Å². The van der Waals surface area contributed by atoms with Crippen molar-refractivity contribution < 1.29 is 8.97 Å². The summed E-state index contributed by atoms with van der Waals surface area (Å²) in [6.07, 6.45) is 16.7. The Morgan fingerprint density at radius 2 is 0.600 bits per heavy atom. The first kappa shape index (κ1) is 29.8. The molecule has 0 rings (SSSR count). The van der Waals surface area contributed by atoms with Gasteiger partial charge in [-0.25, -0.2) is 0 Å². The Balaban J connectivity index is 3.62. The fourth-order valence-corrected chi connectivity index (χ4v) is 4.30. The number of nitrogens with zero attached hydrogens (tertiary/aromatic N) is 4. The monoisotopic (exact) mass is 428 g/mol. The fourth-order valence-electron chi connectivity index (χ4n) is 4.30. The average Bonchev–Trinajstić information content (AvgIpc) is 2.63. The molecule has 0 aliphatic heterocycles. The van der Waals surface area contributed by atoms with Crippen LogP contribution in [-0.4, -0.2) is 114 Å². The molecule has 0 bridgehead atoms. The van der Waals surface area contributed by atoms with E-state index in [1.54, 1.807) is 0 Å². The van der Waals surface area contributed by atoms with Crippen molar-refractivity contribution in [2.24, 2.45) is 0 Å². The zero-order valence-electron chi connectivity index (χ0n) is 22.5. The van der Waals surface area contributed by atoms with Gasteiger partial charge >= 0.3 is 0 Å². The Kier molecular flexibility index (Phi) is 17.3. The largest absolute Gasteiger partial charge is 0.328 e. The summed E-state index contributed by atoms with van der Waals surface area (Å²) >= 11 is 0. The summed E-state index contributed by atoms with van der Waals surface area (Å²) in [6, 6.07) is 0. The first-order valence-electron chi connectivity index (χ1n) is 13.0. The lowest BCUT2D eigenvalue weighted by molar-refractivity contribution is -0.891. The highest BCUT2D eigenvalue weighted by Crippen LogP contribution is 2.12. The molecule has 0 aliphatic carbocycles. The highest BCUT2D eigenvalue weighted by atomic mass is 15.3. The smallest absolute Gasteiger partial charge is 0.0782 e. The second-order valence-electron chi connectivity index (χ2n) is 11.6. The highest BCUT2D eigenvalue weighted by Gasteiger charge is 2.15. The molecule has 0 aromatic carbocycles. The third-order valence-corrected chi connectivity index (χ3v) is 6.51. The van der Waals surface area contributed by atoms with Gasteiger partial charge in [-0.1, -0.05) is 12.8 Å². The molecule has 0 aromatic heterocycles. The van der Waals surface area contributed by atoms with Crippen LogP contribution in [0.2, 0.25) is 0 Å². The minimum Gasteiger partial charge on any atom is -0.328 e. The van der Waals surface area contributed by atoms with Crippen LogP contribution in [0.5, 0.6) is 0 Å². The lowest BCUT2D eigenvalue weighted by Gasteiger charge is -2.31. The van der Waals surface area contributed by atoms with Crippen molar-refractivity contribution in [3.8, 4) is 0 Å². The topological polar surface area (TPSA) is 6.48 Å². The molecule has 182 valence electrons. The third-order valence-electron chi connectivity index (χ3n) is 6.51. The van der Waals surface area contributed by atoms with Gasteiger partial charge in [0.25, 0.3) is 0 Å². The summed E-state index contributed by atoms with van der Waals surface area (Å²) in [4.78, 5) is 4.60. The van der Waals surface area contributed by atoms with Crippen molar-refractivity contribution >= 4 is 0 Å². The molecule has 4 nitrogen and oxygen atoms in total. The van der Waals surface area contributed by atoms with E-state index in [2.05, 4.69) is 66.2 Å². The van der Waals surface area contributed by atoms with E-state index in [1.165, 1.54) is 125 Å². The van der Waals surface area contributed by atoms with Crippen LogP contribution < -0.4 is 0 Å². The summed E-state index contributed by atoms with van der Waals surface area (Å²) in [7, 11) is 18.4. The van der Waals surface area contributed by atoms with Gasteiger partial charge in [0.15, 0.2) is 0 Å². The molecule has 4 heteroatoms. The molecule has 0 N–H and O–H groups in total. The van der Waals surface area contributed by atoms with E-state index >= 15 is 0 Å². The molecule has 0 aromatic rings. The van der Waals surface area contributed by atoms with Gasteiger partial charge in [-0.3, -0.25) is 0 Å². The number of hydrogen-bond donors (Lipinski definition) is 0. The second kappa shape index (κ2) is 17.4. The van der Waals surface area contributed by atoms with Crippen LogP contribution in [-0.2, 0) is 0 Å². The first-order valence-corrected chi connectivity index (χ1v) is 13.0. The first-order chi connectivity index (χ1) is 14.0. The minimum absolute atomic E-state index is 1.21. The maximum atomic E-state index is 2.43. The maximum Gasteiger partial charge on any atom is 0.0782 e. The Hall–Kier alpha value is -0.160.